The molecule has 1 amide bonds. The molecule has 0 saturated carbocycles. The second kappa shape index (κ2) is 9.49. The van der Waals surface area contributed by atoms with Crippen molar-refractivity contribution in [1.82, 2.24) is 14.8 Å². The Balaban J connectivity index is 1.66. The first kappa shape index (κ1) is 20.7. The minimum Gasteiger partial charge on any atom is -0.495 e. The highest BCUT2D eigenvalue weighted by Gasteiger charge is 2.25. The summed E-state index contributed by atoms with van der Waals surface area (Å²) in [5.41, 5.74) is 3.58. The Labute approximate surface area is 185 Å². The molecular weight excluding hydrogens is 408 g/mol. The highest BCUT2D eigenvalue weighted by atomic mass is 32.2. The molecule has 0 radical (unpaired) electrons. The first-order valence-electron chi connectivity index (χ1n) is 9.78. The Morgan fingerprint density at radius 3 is 2.45 bits per heavy atom. The molecule has 3 aromatic carbocycles. The summed E-state index contributed by atoms with van der Waals surface area (Å²) in [7, 11) is 1.62. The van der Waals surface area contributed by atoms with Gasteiger partial charge in [0.1, 0.15) is 17.3 Å². The standard InChI is InChI=1S/C24H22N4O2S/c1-17-12-14-19(15-13-17)26-23(29)22(18-8-4-3-5-9-18)31-24-27-25-16-28(24)20-10-6-7-11-21(20)30-2/h3-16,22H,1-2H3,(H,26,29). The molecule has 0 fully saturated rings. The Kier molecular flexibility index (Phi) is 6.33. The van der Waals surface area contributed by atoms with Crippen molar-refractivity contribution in [3.8, 4) is 11.4 Å². The first-order chi connectivity index (χ1) is 15.2. The molecule has 0 aliphatic carbocycles. The van der Waals surface area contributed by atoms with Gasteiger partial charge in [0.25, 0.3) is 0 Å². The van der Waals surface area contributed by atoms with Gasteiger partial charge < -0.3 is 10.1 Å². The number of aryl methyl sites for hydroxylation is 1. The van der Waals surface area contributed by atoms with E-state index in [1.165, 1.54) is 11.8 Å². The number of ether oxygens (including phenoxy) is 1. The van der Waals surface area contributed by atoms with Crippen LogP contribution in [0.3, 0.4) is 0 Å². The van der Waals surface area contributed by atoms with E-state index >= 15 is 0 Å². The van der Waals surface area contributed by atoms with Crippen molar-refractivity contribution in [2.45, 2.75) is 17.3 Å². The van der Waals surface area contributed by atoms with Gasteiger partial charge >= 0.3 is 0 Å². The summed E-state index contributed by atoms with van der Waals surface area (Å²) in [5.74, 6) is 0.569. The Morgan fingerprint density at radius 2 is 1.71 bits per heavy atom. The van der Waals surface area contributed by atoms with Gasteiger partial charge in [-0.3, -0.25) is 9.36 Å². The predicted molar refractivity (Wildman–Crippen MR) is 123 cm³/mol. The van der Waals surface area contributed by atoms with Crippen molar-refractivity contribution in [2.75, 3.05) is 12.4 Å². The molecule has 0 saturated heterocycles. The van der Waals surface area contributed by atoms with Crippen LogP contribution < -0.4 is 10.1 Å². The minimum atomic E-state index is -0.514. The molecule has 4 rings (SSSR count). The second-order valence-corrected chi connectivity index (χ2v) is 7.99. The Morgan fingerprint density at radius 1 is 1.00 bits per heavy atom. The normalized spacial score (nSPS) is 11.7. The maximum Gasteiger partial charge on any atom is 0.242 e. The van der Waals surface area contributed by atoms with Crippen LogP contribution in [0.4, 0.5) is 5.69 Å². The summed E-state index contributed by atoms with van der Waals surface area (Å²) in [6, 6.07) is 25.0. The minimum absolute atomic E-state index is 0.130. The van der Waals surface area contributed by atoms with Crippen LogP contribution in [0, 0.1) is 6.92 Å². The highest BCUT2D eigenvalue weighted by molar-refractivity contribution is 8.00. The third-order valence-electron chi connectivity index (χ3n) is 4.74. The average Bonchev–Trinajstić information content (AvgIpc) is 3.27. The molecule has 4 aromatic rings. The highest BCUT2D eigenvalue weighted by Crippen LogP contribution is 2.37. The van der Waals surface area contributed by atoms with Crippen molar-refractivity contribution in [1.29, 1.82) is 0 Å². The number of aromatic nitrogens is 3. The number of carbonyl (C=O) groups excluding carboxylic acids is 1. The SMILES string of the molecule is COc1ccccc1-n1cnnc1SC(C(=O)Nc1ccc(C)cc1)c1ccccc1. The number of rotatable bonds is 7. The number of carbonyl (C=O) groups is 1. The van der Waals surface area contributed by atoms with Crippen molar-refractivity contribution < 1.29 is 9.53 Å². The molecule has 1 aromatic heterocycles. The quantitative estimate of drug-likeness (QED) is 0.415. The lowest BCUT2D eigenvalue weighted by molar-refractivity contribution is -0.115. The molecule has 0 bridgehead atoms. The predicted octanol–water partition coefficient (Wildman–Crippen LogP) is 5.06. The van der Waals surface area contributed by atoms with Crippen LogP contribution in [0.1, 0.15) is 16.4 Å². The number of anilines is 1. The maximum absolute atomic E-state index is 13.3. The number of hydrogen-bond acceptors (Lipinski definition) is 5. The van der Waals surface area contributed by atoms with Gasteiger partial charge in [-0.1, -0.05) is 71.9 Å². The first-order valence-corrected chi connectivity index (χ1v) is 10.7. The van der Waals surface area contributed by atoms with E-state index in [-0.39, 0.29) is 5.91 Å². The summed E-state index contributed by atoms with van der Waals surface area (Å²) in [5, 5.41) is 11.5. The van der Waals surface area contributed by atoms with Gasteiger partial charge in [0, 0.05) is 5.69 Å². The fourth-order valence-electron chi connectivity index (χ4n) is 3.15. The Bertz CT molecular complexity index is 1160. The van der Waals surface area contributed by atoms with Crippen LogP contribution in [0.15, 0.2) is 90.3 Å². The van der Waals surface area contributed by atoms with Crippen LogP contribution >= 0.6 is 11.8 Å². The number of methoxy groups -OCH3 is 1. The fraction of sp³-hybridized carbons (Fsp3) is 0.125. The zero-order valence-electron chi connectivity index (χ0n) is 17.2. The van der Waals surface area contributed by atoms with E-state index in [9.17, 15) is 4.79 Å². The fourth-order valence-corrected chi connectivity index (χ4v) is 4.17. The molecule has 0 aliphatic heterocycles. The molecule has 6 nitrogen and oxygen atoms in total. The number of nitrogens with one attached hydrogen (secondary N) is 1. The van der Waals surface area contributed by atoms with Gasteiger partial charge in [0.05, 0.1) is 12.8 Å². The molecule has 0 spiro atoms. The van der Waals surface area contributed by atoms with Gasteiger partial charge in [-0.15, -0.1) is 10.2 Å². The summed E-state index contributed by atoms with van der Waals surface area (Å²) >= 11 is 1.34. The molecule has 0 aliphatic rings. The zero-order valence-corrected chi connectivity index (χ0v) is 18.0. The second-order valence-electron chi connectivity index (χ2n) is 6.92. The van der Waals surface area contributed by atoms with E-state index < -0.39 is 5.25 Å². The third kappa shape index (κ3) is 4.78. The lowest BCUT2D eigenvalue weighted by Gasteiger charge is -2.18. The molecule has 1 unspecified atom stereocenters. The Hall–Kier alpha value is -3.58. The van der Waals surface area contributed by atoms with Crippen LogP contribution in [-0.4, -0.2) is 27.8 Å². The summed E-state index contributed by atoms with van der Waals surface area (Å²) in [6.45, 7) is 2.01. The number of para-hydroxylation sites is 2. The molecule has 7 heteroatoms. The van der Waals surface area contributed by atoms with E-state index in [1.54, 1.807) is 13.4 Å². The van der Waals surface area contributed by atoms with E-state index in [2.05, 4.69) is 15.5 Å². The zero-order chi connectivity index (χ0) is 21.6. The van der Waals surface area contributed by atoms with Gasteiger partial charge in [0.15, 0.2) is 5.16 Å². The van der Waals surface area contributed by atoms with Gasteiger partial charge in [-0.25, -0.2) is 0 Å². The van der Waals surface area contributed by atoms with Crippen molar-refractivity contribution in [3.05, 3.63) is 96.3 Å². The number of nitrogens with zero attached hydrogens (tertiary/aromatic N) is 3. The molecule has 1 N–H and O–H groups in total. The number of hydrogen-bond donors (Lipinski definition) is 1. The van der Waals surface area contributed by atoms with Crippen molar-refractivity contribution in [2.24, 2.45) is 0 Å². The molecule has 1 heterocycles. The van der Waals surface area contributed by atoms with E-state index in [0.29, 0.717) is 10.9 Å². The van der Waals surface area contributed by atoms with E-state index in [4.69, 9.17) is 4.74 Å². The van der Waals surface area contributed by atoms with Gasteiger partial charge in [-0.05, 0) is 36.8 Å². The number of amides is 1. The molecule has 156 valence electrons. The number of benzene rings is 3. The largest absolute Gasteiger partial charge is 0.495 e. The van der Waals surface area contributed by atoms with Crippen LogP contribution in [0.25, 0.3) is 5.69 Å². The van der Waals surface area contributed by atoms with E-state index in [1.807, 2.05) is 90.4 Å². The molecular formula is C24H22N4O2S. The van der Waals surface area contributed by atoms with Gasteiger partial charge in [0.2, 0.25) is 5.91 Å². The summed E-state index contributed by atoms with van der Waals surface area (Å²) in [6.07, 6.45) is 1.63. The van der Waals surface area contributed by atoms with Crippen molar-refractivity contribution in [3.63, 3.8) is 0 Å². The van der Waals surface area contributed by atoms with Crippen LogP contribution in [-0.2, 0) is 4.79 Å². The van der Waals surface area contributed by atoms with Crippen LogP contribution in [0.5, 0.6) is 5.75 Å². The average molecular weight is 431 g/mol. The van der Waals surface area contributed by atoms with Gasteiger partial charge in [-0.2, -0.15) is 0 Å². The third-order valence-corrected chi connectivity index (χ3v) is 5.96. The monoisotopic (exact) mass is 430 g/mol. The summed E-state index contributed by atoms with van der Waals surface area (Å²) in [4.78, 5) is 13.3. The lowest BCUT2D eigenvalue weighted by Crippen LogP contribution is -2.19. The van der Waals surface area contributed by atoms with Crippen molar-refractivity contribution >= 4 is 23.4 Å². The lowest BCUT2D eigenvalue weighted by atomic mass is 10.1. The van der Waals surface area contributed by atoms with E-state index in [0.717, 1.165) is 22.5 Å². The molecule has 31 heavy (non-hydrogen) atoms. The topological polar surface area (TPSA) is 69.0 Å². The summed E-state index contributed by atoms with van der Waals surface area (Å²) < 4.78 is 7.32. The smallest absolute Gasteiger partial charge is 0.242 e. The molecule has 1 atom stereocenters. The van der Waals surface area contributed by atoms with Crippen LogP contribution in [0.2, 0.25) is 0 Å². The maximum atomic E-state index is 13.3. The number of thioether (sulfide) groups is 1.